The number of thioether (sulfide) groups is 1. The molecule has 0 aromatic heterocycles. The lowest BCUT2D eigenvalue weighted by Crippen LogP contribution is -1.79. The Morgan fingerprint density at radius 2 is 1.72 bits per heavy atom. The lowest BCUT2D eigenvalue weighted by atomic mass is 10.2. The number of halogens is 1. The summed E-state index contributed by atoms with van der Waals surface area (Å²) in [4.78, 5) is 5.15. The normalized spacial score (nSPS) is 9.83. The monoisotopic (exact) mass is 335 g/mol. The molecular weight excluding hydrogens is 326 g/mol. The van der Waals surface area contributed by atoms with E-state index in [-0.39, 0.29) is 0 Å². The second-order valence-electron chi connectivity index (χ2n) is 3.61. The third kappa shape index (κ3) is 4.07. The highest BCUT2D eigenvalue weighted by atomic mass is 79.9. The Bertz CT molecular complexity index is 557. The number of hydrogen-bond acceptors (Lipinski definition) is 3. The number of rotatable bonds is 4. The van der Waals surface area contributed by atoms with Crippen LogP contribution in [0.2, 0.25) is 0 Å². The molecule has 18 heavy (non-hydrogen) atoms. The minimum atomic E-state index is 0.845. The molecule has 0 aliphatic rings. The van der Waals surface area contributed by atoms with Crippen molar-refractivity contribution in [2.75, 3.05) is 0 Å². The van der Waals surface area contributed by atoms with Gasteiger partial charge < -0.3 is 0 Å². The Morgan fingerprint density at radius 1 is 1.06 bits per heavy atom. The Balaban J connectivity index is 1.97. The van der Waals surface area contributed by atoms with Gasteiger partial charge in [0.25, 0.3) is 0 Å². The van der Waals surface area contributed by atoms with Gasteiger partial charge in [-0.25, -0.2) is 0 Å². The fraction of sp³-hybridized carbons (Fsp3) is 0.0714. The number of benzene rings is 2. The molecule has 0 aliphatic heterocycles. The van der Waals surface area contributed by atoms with Gasteiger partial charge in [-0.2, -0.15) is 4.99 Å². The molecule has 0 heterocycles. The Hall–Kier alpha value is -0.930. The smallest absolute Gasteiger partial charge is 0.0740 e. The minimum absolute atomic E-state index is 0.845. The van der Waals surface area contributed by atoms with E-state index in [4.69, 9.17) is 0 Å². The Kier molecular flexibility index (Phi) is 5.14. The van der Waals surface area contributed by atoms with E-state index in [1.54, 1.807) is 11.8 Å². The number of aliphatic imine (C=N–C) groups is 1. The van der Waals surface area contributed by atoms with Crippen LogP contribution in [0.1, 0.15) is 5.56 Å². The summed E-state index contributed by atoms with van der Waals surface area (Å²) in [6.45, 7) is 0. The first-order chi connectivity index (χ1) is 8.78. The third-order valence-corrected chi connectivity index (χ3v) is 4.03. The summed E-state index contributed by atoms with van der Waals surface area (Å²) in [5.41, 5.74) is 2.15. The molecule has 0 unspecified atom stereocenters. The first kappa shape index (κ1) is 13.5. The molecule has 0 atom stereocenters. The summed E-state index contributed by atoms with van der Waals surface area (Å²) < 4.78 is 1.11. The van der Waals surface area contributed by atoms with Crippen LogP contribution in [0.25, 0.3) is 0 Å². The van der Waals surface area contributed by atoms with Crippen molar-refractivity contribution in [1.29, 1.82) is 0 Å². The van der Waals surface area contributed by atoms with Crippen LogP contribution >= 0.6 is 39.9 Å². The average molecular weight is 336 g/mol. The van der Waals surface area contributed by atoms with Crippen LogP contribution in [0, 0.1) is 0 Å². The molecule has 0 amide bonds. The molecule has 2 aromatic rings. The highest BCUT2D eigenvalue weighted by Gasteiger charge is 1.97. The third-order valence-electron chi connectivity index (χ3n) is 2.33. The van der Waals surface area contributed by atoms with Crippen LogP contribution in [0.15, 0.2) is 62.9 Å². The SMILES string of the molecule is S=C=Nc1ccc(SCc2ccc(Br)cc2)cc1. The van der Waals surface area contributed by atoms with Gasteiger partial charge in [-0.15, -0.1) is 11.8 Å². The summed E-state index contributed by atoms with van der Waals surface area (Å²) >= 11 is 9.80. The lowest BCUT2D eigenvalue weighted by Gasteiger charge is -2.02. The van der Waals surface area contributed by atoms with Crippen LogP contribution in [0.4, 0.5) is 5.69 Å². The van der Waals surface area contributed by atoms with Gasteiger partial charge in [0.2, 0.25) is 0 Å². The largest absolute Gasteiger partial charge is 0.195 e. The molecule has 0 radical (unpaired) electrons. The maximum absolute atomic E-state index is 4.57. The molecule has 1 nitrogen and oxygen atoms in total. The zero-order chi connectivity index (χ0) is 12.8. The van der Waals surface area contributed by atoms with Crippen molar-refractivity contribution in [3.63, 3.8) is 0 Å². The first-order valence-electron chi connectivity index (χ1n) is 5.33. The average Bonchev–Trinajstić information content (AvgIpc) is 2.40. The maximum Gasteiger partial charge on any atom is 0.0740 e. The van der Waals surface area contributed by atoms with Crippen molar-refractivity contribution in [3.05, 3.63) is 58.6 Å². The van der Waals surface area contributed by atoms with E-state index in [1.165, 1.54) is 10.5 Å². The molecule has 0 spiro atoms. The van der Waals surface area contributed by atoms with Gasteiger partial charge in [0.1, 0.15) is 0 Å². The molecule has 0 saturated carbocycles. The Morgan fingerprint density at radius 3 is 2.33 bits per heavy atom. The fourth-order valence-electron chi connectivity index (χ4n) is 1.42. The van der Waals surface area contributed by atoms with E-state index in [2.05, 4.69) is 74.7 Å². The van der Waals surface area contributed by atoms with Crippen LogP contribution < -0.4 is 0 Å². The van der Waals surface area contributed by atoms with E-state index in [0.717, 1.165) is 15.9 Å². The highest BCUT2D eigenvalue weighted by molar-refractivity contribution is 9.10. The number of isothiocyanates is 1. The fourth-order valence-corrected chi connectivity index (χ4v) is 2.64. The number of thiocarbonyl (C=S) groups is 1. The van der Waals surface area contributed by atoms with Crippen molar-refractivity contribution in [2.45, 2.75) is 10.6 Å². The zero-order valence-electron chi connectivity index (χ0n) is 9.47. The minimum Gasteiger partial charge on any atom is -0.195 e. The van der Waals surface area contributed by atoms with Gasteiger partial charge in [-0.1, -0.05) is 28.1 Å². The van der Waals surface area contributed by atoms with E-state index >= 15 is 0 Å². The van der Waals surface area contributed by atoms with Crippen molar-refractivity contribution in [1.82, 2.24) is 0 Å². The molecule has 0 fully saturated rings. The van der Waals surface area contributed by atoms with E-state index in [1.807, 2.05) is 12.1 Å². The molecule has 0 bridgehead atoms. The second-order valence-corrected chi connectivity index (χ2v) is 5.76. The predicted molar refractivity (Wildman–Crippen MR) is 84.8 cm³/mol. The summed E-state index contributed by atoms with van der Waals surface area (Å²) in [7, 11) is 0. The molecule has 2 rings (SSSR count). The maximum atomic E-state index is 4.57. The highest BCUT2D eigenvalue weighted by Crippen LogP contribution is 2.25. The summed E-state index contributed by atoms with van der Waals surface area (Å²) in [6.07, 6.45) is 0. The van der Waals surface area contributed by atoms with Gasteiger partial charge in [0.15, 0.2) is 0 Å². The number of hydrogen-bond donors (Lipinski definition) is 0. The standard InChI is InChI=1S/C14H10BrNS2/c15-12-3-1-11(2-4-12)9-18-14-7-5-13(6-8-14)16-10-17/h1-8H,9H2. The van der Waals surface area contributed by atoms with Gasteiger partial charge >= 0.3 is 0 Å². The molecular formula is C14H10BrNS2. The van der Waals surface area contributed by atoms with Crippen molar-refractivity contribution in [2.24, 2.45) is 4.99 Å². The Labute approximate surface area is 124 Å². The summed E-state index contributed by atoms with van der Waals surface area (Å²) in [6, 6.07) is 16.4. The topological polar surface area (TPSA) is 12.4 Å². The summed E-state index contributed by atoms with van der Waals surface area (Å²) in [5, 5.41) is 2.36. The molecule has 4 heteroatoms. The molecule has 0 aliphatic carbocycles. The van der Waals surface area contributed by atoms with Crippen LogP contribution in [-0.4, -0.2) is 5.16 Å². The van der Waals surface area contributed by atoms with Gasteiger partial charge in [0, 0.05) is 15.1 Å². The second kappa shape index (κ2) is 6.86. The molecule has 0 saturated heterocycles. The number of nitrogens with zero attached hydrogens (tertiary/aromatic N) is 1. The molecule has 90 valence electrons. The lowest BCUT2D eigenvalue weighted by molar-refractivity contribution is 1.37. The zero-order valence-corrected chi connectivity index (χ0v) is 12.7. The van der Waals surface area contributed by atoms with Gasteiger partial charge in [-0.05, 0) is 54.2 Å². The van der Waals surface area contributed by atoms with Crippen LogP contribution in [0.3, 0.4) is 0 Å². The molecule has 0 N–H and O–H groups in total. The van der Waals surface area contributed by atoms with Gasteiger partial charge in [-0.3, -0.25) is 0 Å². The van der Waals surface area contributed by atoms with Gasteiger partial charge in [0.05, 0.1) is 10.8 Å². The van der Waals surface area contributed by atoms with Crippen LogP contribution in [0.5, 0.6) is 0 Å². The molecule has 2 aromatic carbocycles. The predicted octanol–water partition coefficient (Wildman–Crippen LogP) is 5.48. The van der Waals surface area contributed by atoms with E-state index < -0.39 is 0 Å². The first-order valence-corrected chi connectivity index (χ1v) is 7.52. The van der Waals surface area contributed by atoms with Crippen molar-refractivity contribution in [3.8, 4) is 0 Å². The van der Waals surface area contributed by atoms with Crippen LogP contribution in [-0.2, 0) is 5.75 Å². The quantitative estimate of drug-likeness (QED) is 0.417. The van der Waals surface area contributed by atoms with E-state index in [9.17, 15) is 0 Å². The van der Waals surface area contributed by atoms with E-state index in [0.29, 0.717) is 0 Å². The van der Waals surface area contributed by atoms with Crippen molar-refractivity contribution < 1.29 is 0 Å². The van der Waals surface area contributed by atoms with Crippen molar-refractivity contribution >= 4 is 50.8 Å². The summed E-state index contributed by atoms with van der Waals surface area (Å²) in [5.74, 6) is 0.961.